The Balaban J connectivity index is 0.00000392. The number of hydrogen-bond donors (Lipinski definition) is 2. The van der Waals surface area contributed by atoms with Crippen molar-refractivity contribution in [2.75, 3.05) is 52.4 Å². The fourth-order valence-electron chi connectivity index (χ4n) is 3.46. The fraction of sp³-hybridized carbons (Fsp3) is 0.842. The zero-order valence-electron chi connectivity index (χ0n) is 17.6. The molecule has 0 aliphatic carbocycles. The molecule has 10 heteroatoms. The molecule has 170 valence electrons. The van der Waals surface area contributed by atoms with Crippen molar-refractivity contribution in [3.05, 3.63) is 0 Å². The molecule has 0 aromatic heterocycles. The van der Waals surface area contributed by atoms with E-state index in [2.05, 4.69) is 10.2 Å². The monoisotopic (exact) mass is 453 g/mol. The molecule has 2 aliphatic heterocycles. The van der Waals surface area contributed by atoms with Crippen molar-refractivity contribution in [2.45, 2.75) is 45.6 Å². The number of nitrogens with one attached hydrogen (secondary N) is 1. The van der Waals surface area contributed by atoms with Crippen LogP contribution >= 0.6 is 24.8 Å². The number of nitrogens with zero attached hydrogens (tertiary/aromatic N) is 3. The Bertz CT molecular complexity index is 520. The van der Waals surface area contributed by atoms with Crippen LogP contribution in [0.2, 0.25) is 0 Å². The number of likely N-dealkylation sites (tertiary alicyclic amines) is 1. The van der Waals surface area contributed by atoms with Gasteiger partial charge in [-0.05, 0) is 18.8 Å². The first-order chi connectivity index (χ1) is 12.9. The van der Waals surface area contributed by atoms with Gasteiger partial charge in [-0.15, -0.1) is 24.8 Å². The first-order valence-electron chi connectivity index (χ1n) is 10.2. The molecule has 29 heavy (non-hydrogen) atoms. The minimum absolute atomic E-state index is 0. The molecule has 0 unspecified atom stereocenters. The highest BCUT2D eigenvalue weighted by molar-refractivity contribution is 5.87. The molecule has 8 nitrogen and oxygen atoms in total. The van der Waals surface area contributed by atoms with Crippen molar-refractivity contribution in [2.24, 2.45) is 11.7 Å². The van der Waals surface area contributed by atoms with Crippen molar-refractivity contribution < 1.29 is 14.4 Å². The summed E-state index contributed by atoms with van der Waals surface area (Å²) in [6.07, 6.45) is 4.62. The predicted molar refractivity (Wildman–Crippen MR) is 118 cm³/mol. The van der Waals surface area contributed by atoms with Gasteiger partial charge in [-0.25, -0.2) is 0 Å². The predicted octanol–water partition coefficient (Wildman–Crippen LogP) is 0.476. The lowest BCUT2D eigenvalue weighted by Gasteiger charge is -2.35. The van der Waals surface area contributed by atoms with Gasteiger partial charge in [0.1, 0.15) is 0 Å². The smallest absolute Gasteiger partial charge is 0.242 e. The molecule has 2 heterocycles. The molecule has 0 aromatic carbocycles. The van der Waals surface area contributed by atoms with E-state index in [-0.39, 0.29) is 55.0 Å². The zero-order valence-corrected chi connectivity index (χ0v) is 19.2. The summed E-state index contributed by atoms with van der Waals surface area (Å²) in [6, 6.07) is -0.598. The summed E-state index contributed by atoms with van der Waals surface area (Å²) in [5, 5.41) is 2.62. The van der Waals surface area contributed by atoms with Gasteiger partial charge in [0.25, 0.3) is 0 Å². The second-order valence-electron chi connectivity index (χ2n) is 7.94. The van der Waals surface area contributed by atoms with E-state index < -0.39 is 6.04 Å². The molecule has 2 rings (SSSR count). The Kier molecular flexibility index (Phi) is 13.5. The Labute approximate surface area is 186 Å². The van der Waals surface area contributed by atoms with Gasteiger partial charge < -0.3 is 20.9 Å². The number of nitrogens with two attached hydrogens (primary N) is 1. The molecule has 0 bridgehead atoms. The minimum Gasteiger partial charge on any atom is -0.346 e. The van der Waals surface area contributed by atoms with E-state index in [0.717, 1.165) is 25.9 Å². The topological polar surface area (TPSA) is 99.0 Å². The highest BCUT2D eigenvalue weighted by atomic mass is 35.5. The van der Waals surface area contributed by atoms with Gasteiger partial charge >= 0.3 is 0 Å². The summed E-state index contributed by atoms with van der Waals surface area (Å²) in [5.41, 5.74) is 5.78. The summed E-state index contributed by atoms with van der Waals surface area (Å²) in [5.74, 6) is -0.158. The molecule has 0 spiro atoms. The van der Waals surface area contributed by atoms with Crippen molar-refractivity contribution in [3.8, 4) is 0 Å². The van der Waals surface area contributed by atoms with E-state index >= 15 is 0 Å². The molecule has 1 atom stereocenters. The number of halogens is 2. The van der Waals surface area contributed by atoms with Crippen LogP contribution in [0.25, 0.3) is 0 Å². The Morgan fingerprint density at radius 3 is 1.86 bits per heavy atom. The Morgan fingerprint density at radius 2 is 1.34 bits per heavy atom. The van der Waals surface area contributed by atoms with Gasteiger partial charge in [-0.3, -0.25) is 19.3 Å². The van der Waals surface area contributed by atoms with Crippen LogP contribution < -0.4 is 11.1 Å². The van der Waals surface area contributed by atoms with Crippen LogP contribution in [0.1, 0.15) is 39.5 Å². The van der Waals surface area contributed by atoms with Gasteiger partial charge in [0.05, 0.1) is 19.1 Å². The fourth-order valence-corrected chi connectivity index (χ4v) is 3.46. The standard InChI is InChI=1S/C19H35N5O3.2ClH/c1-15(2)18(20)19(27)21-13-16(25)24-11-9-22(10-12-24)14-17(26)23-7-5-3-4-6-8-23;;/h15,18H,3-14,20H2,1-2H3,(H,21,27);2*1H/t18-;;/m0../s1. The van der Waals surface area contributed by atoms with Crippen LogP contribution in [0.3, 0.4) is 0 Å². The number of amides is 3. The quantitative estimate of drug-likeness (QED) is 0.608. The van der Waals surface area contributed by atoms with Crippen molar-refractivity contribution in [1.29, 1.82) is 0 Å². The van der Waals surface area contributed by atoms with E-state index in [4.69, 9.17) is 5.73 Å². The highest BCUT2D eigenvalue weighted by Crippen LogP contribution is 2.11. The maximum absolute atomic E-state index is 12.5. The van der Waals surface area contributed by atoms with Crippen LogP contribution in [-0.2, 0) is 14.4 Å². The lowest BCUT2D eigenvalue weighted by Crippen LogP contribution is -2.54. The highest BCUT2D eigenvalue weighted by Gasteiger charge is 2.25. The number of carbonyl (C=O) groups excluding carboxylic acids is 3. The molecular formula is C19H37Cl2N5O3. The van der Waals surface area contributed by atoms with Crippen molar-refractivity contribution in [3.63, 3.8) is 0 Å². The lowest BCUT2D eigenvalue weighted by atomic mass is 10.1. The van der Waals surface area contributed by atoms with E-state index in [1.54, 1.807) is 4.90 Å². The van der Waals surface area contributed by atoms with Crippen LogP contribution in [0.5, 0.6) is 0 Å². The second kappa shape index (κ2) is 14.0. The average molecular weight is 454 g/mol. The minimum atomic E-state index is -0.598. The molecule has 0 radical (unpaired) electrons. The van der Waals surface area contributed by atoms with Crippen LogP contribution in [-0.4, -0.2) is 90.8 Å². The molecule has 2 fully saturated rings. The third-order valence-electron chi connectivity index (χ3n) is 5.48. The van der Waals surface area contributed by atoms with E-state index in [9.17, 15) is 14.4 Å². The first-order valence-corrected chi connectivity index (χ1v) is 10.2. The van der Waals surface area contributed by atoms with E-state index in [1.165, 1.54) is 12.8 Å². The third kappa shape index (κ3) is 9.07. The first kappa shape index (κ1) is 27.9. The van der Waals surface area contributed by atoms with Gasteiger partial charge in [0.15, 0.2) is 0 Å². The molecule has 3 amide bonds. The normalized spacial score (nSPS) is 18.9. The summed E-state index contributed by atoms with van der Waals surface area (Å²) < 4.78 is 0. The van der Waals surface area contributed by atoms with Crippen LogP contribution in [0.4, 0.5) is 0 Å². The maximum atomic E-state index is 12.5. The molecule has 3 N–H and O–H groups in total. The largest absolute Gasteiger partial charge is 0.346 e. The number of piperazine rings is 1. The molecule has 0 aromatic rings. The summed E-state index contributed by atoms with van der Waals surface area (Å²) >= 11 is 0. The van der Waals surface area contributed by atoms with Crippen LogP contribution in [0.15, 0.2) is 0 Å². The number of carbonyl (C=O) groups is 3. The summed E-state index contributed by atoms with van der Waals surface area (Å²) in [4.78, 5) is 42.5. The molecule has 2 saturated heterocycles. The summed E-state index contributed by atoms with van der Waals surface area (Å²) in [7, 11) is 0. The Morgan fingerprint density at radius 1 is 0.828 bits per heavy atom. The number of hydrogen-bond acceptors (Lipinski definition) is 5. The van der Waals surface area contributed by atoms with Gasteiger partial charge in [-0.1, -0.05) is 26.7 Å². The zero-order chi connectivity index (χ0) is 19.8. The van der Waals surface area contributed by atoms with Gasteiger partial charge in [-0.2, -0.15) is 0 Å². The number of rotatable bonds is 6. The molecular weight excluding hydrogens is 417 g/mol. The van der Waals surface area contributed by atoms with Crippen LogP contribution in [0, 0.1) is 5.92 Å². The van der Waals surface area contributed by atoms with Crippen molar-refractivity contribution in [1.82, 2.24) is 20.0 Å². The Hall–Kier alpha value is -1.09. The van der Waals surface area contributed by atoms with Crippen molar-refractivity contribution >= 4 is 42.5 Å². The van der Waals surface area contributed by atoms with E-state index in [1.807, 2.05) is 18.7 Å². The van der Waals surface area contributed by atoms with Gasteiger partial charge in [0.2, 0.25) is 17.7 Å². The maximum Gasteiger partial charge on any atom is 0.242 e. The third-order valence-corrected chi connectivity index (χ3v) is 5.48. The average Bonchev–Trinajstić information content (AvgIpc) is 2.95. The SMILES string of the molecule is CC(C)[C@H](N)C(=O)NCC(=O)N1CCN(CC(=O)N2CCCCCC2)CC1.Cl.Cl. The summed E-state index contributed by atoms with van der Waals surface area (Å²) in [6.45, 7) is 8.43. The van der Waals surface area contributed by atoms with Gasteiger partial charge in [0, 0.05) is 39.3 Å². The molecule has 0 saturated carbocycles. The molecule has 2 aliphatic rings. The lowest BCUT2D eigenvalue weighted by molar-refractivity contribution is -0.136. The second-order valence-corrected chi connectivity index (χ2v) is 7.94. The van der Waals surface area contributed by atoms with E-state index in [0.29, 0.717) is 32.7 Å².